The summed E-state index contributed by atoms with van der Waals surface area (Å²) >= 11 is 3.39. The number of halogens is 1. The summed E-state index contributed by atoms with van der Waals surface area (Å²) in [5, 5.41) is 7.20. The number of nitrogens with one attached hydrogen (secondary N) is 1. The van der Waals surface area contributed by atoms with Crippen LogP contribution in [0, 0.1) is 12.3 Å². The zero-order valence-corrected chi connectivity index (χ0v) is 9.76. The number of nitrogens with two attached hydrogens (primary N) is 1. The molecular weight excluding hydrogens is 244 g/mol. The van der Waals surface area contributed by atoms with Gasteiger partial charge in [-0.15, -0.1) is 0 Å². The third kappa shape index (κ3) is 2.73. The number of benzene rings is 1. The zero-order valence-electron chi connectivity index (χ0n) is 8.17. The van der Waals surface area contributed by atoms with Gasteiger partial charge in [-0.05, 0) is 47.5 Å². The summed E-state index contributed by atoms with van der Waals surface area (Å²) in [6.07, 6.45) is -0.394. The highest BCUT2D eigenvalue weighted by molar-refractivity contribution is 9.10. The maximum atomic E-state index is 7.20. The molecule has 1 rings (SSSR count). The summed E-state index contributed by atoms with van der Waals surface area (Å²) in [4.78, 5) is 0. The second-order valence-electron chi connectivity index (χ2n) is 3.15. The van der Waals surface area contributed by atoms with E-state index in [1.54, 1.807) is 6.92 Å². The SMILES string of the molecule is Cc1ccc(OC(C)C(=N)N)c(Br)c1. The van der Waals surface area contributed by atoms with Crippen molar-refractivity contribution in [1.29, 1.82) is 5.41 Å². The maximum absolute atomic E-state index is 7.20. The van der Waals surface area contributed by atoms with Crippen molar-refractivity contribution in [3.63, 3.8) is 0 Å². The third-order valence-corrected chi connectivity index (χ3v) is 2.45. The average Bonchev–Trinajstić information content (AvgIpc) is 2.09. The molecule has 0 aromatic heterocycles. The van der Waals surface area contributed by atoms with Gasteiger partial charge in [-0.2, -0.15) is 0 Å². The molecule has 0 heterocycles. The van der Waals surface area contributed by atoms with E-state index in [1.807, 2.05) is 25.1 Å². The Hall–Kier alpha value is -1.03. The summed E-state index contributed by atoms with van der Waals surface area (Å²) in [7, 11) is 0. The first kappa shape index (κ1) is 11.0. The minimum atomic E-state index is -0.394. The Bertz CT molecular complexity index is 352. The molecule has 3 nitrogen and oxygen atoms in total. The quantitative estimate of drug-likeness (QED) is 0.645. The van der Waals surface area contributed by atoms with Crippen molar-refractivity contribution in [2.24, 2.45) is 5.73 Å². The summed E-state index contributed by atoms with van der Waals surface area (Å²) in [6.45, 7) is 3.75. The van der Waals surface area contributed by atoms with Gasteiger partial charge >= 0.3 is 0 Å². The van der Waals surface area contributed by atoms with Gasteiger partial charge in [0.05, 0.1) is 4.47 Å². The van der Waals surface area contributed by atoms with E-state index in [9.17, 15) is 0 Å². The van der Waals surface area contributed by atoms with Crippen molar-refractivity contribution < 1.29 is 4.74 Å². The predicted molar refractivity (Wildman–Crippen MR) is 60.9 cm³/mol. The zero-order chi connectivity index (χ0) is 10.7. The molecule has 0 aliphatic rings. The number of hydrogen-bond donors (Lipinski definition) is 2. The van der Waals surface area contributed by atoms with E-state index in [4.69, 9.17) is 15.9 Å². The number of aryl methyl sites for hydroxylation is 1. The highest BCUT2D eigenvalue weighted by atomic mass is 79.9. The lowest BCUT2D eigenvalue weighted by Gasteiger charge is -2.14. The lowest BCUT2D eigenvalue weighted by Crippen LogP contribution is -2.30. The molecule has 0 aliphatic carbocycles. The molecule has 0 bridgehead atoms. The van der Waals surface area contributed by atoms with E-state index in [2.05, 4.69) is 15.9 Å². The molecule has 1 unspecified atom stereocenters. The Morgan fingerprint density at radius 1 is 1.57 bits per heavy atom. The Labute approximate surface area is 91.9 Å². The molecule has 1 atom stereocenters. The fourth-order valence-corrected chi connectivity index (χ4v) is 1.54. The lowest BCUT2D eigenvalue weighted by molar-refractivity contribution is 0.283. The van der Waals surface area contributed by atoms with Crippen LogP contribution in [0.15, 0.2) is 22.7 Å². The molecule has 0 aliphatic heterocycles. The van der Waals surface area contributed by atoms with Gasteiger partial charge in [0.2, 0.25) is 0 Å². The number of hydrogen-bond acceptors (Lipinski definition) is 2. The van der Waals surface area contributed by atoms with Gasteiger partial charge in [-0.1, -0.05) is 6.07 Å². The average molecular weight is 257 g/mol. The maximum Gasteiger partial charge on any atom is 0.152 e. The molecule has 0 radical (unpaired) electrons. The van der Waals surface area contributed by atoms with Crippen LogP contribution in [0.1, 0.15) is 12.5 Å². The summed E-state index contributed by atoms with van der Waals surface area (Å²) in [5.74, 6) is 0.732. The van der Waals surface area contributed by atoms with Crippen LogP contribution in [0.5, 0.6) is 5.75 Å². The molecule has 0 fully saturated rings. The van der Waals surface area contributed by atoms with Crippen LogP contribution in [0.25, 0.3) is 0 Å². The first-order valence-electron chi connectivity index (χ1n) is 4.27. The molecule has 1 aromatic carbocycles. The van der Waals surface area contributed by atoms with Crippen molar-refractivity contribution in [2.45, 2.75) is 20.0 Å². The molecule has 4 heteroatoms. The fraction of sp³-hybridized carbons (Fsp3) is 0.300. The summed E-state index contributed by atoms with van der Waals surface area (Å²) in [6, 6.07) is 5.77. The van der Waals surface area contributed by atoms with E-state index in [0.717, 1.165) is 10.0 Å². The predicted octanol–water partition coefficient (Wildman–Crippen LogP) is 2.46. The second-order valence-corrected chi connectivity index (χ2v) is 4.00. The van der Waals surface area contributed by atoms with Gasteiger partial charge in [0.25, 0.3) is 0 Å². The molecule has 1 aromatic rings. The first-order valence-corrected chi connectivity index (χ1v) is 5.06. The number of rotatable bonds is 3. The van der Waals surface area contributed by atoms with Crippen LogP contribution >= 0.6 is 15.9 Å². The second kappa shape index (κ2) is 4.46. The van der Waals surface area contributed by atoms with Gasteiger partial charge in [-0.3, -0.25) is 5.41 Å². The highest BCUT2D eigenvalue weighted by Gasteiger charge is 2.09. The van der Waals surface area contributed by atoms with Crippen molar-refractivity contribution in [3.05, 3.63) is 28.2 Å². The summed E-state index contributed by atoms with van der Waals surface area (Å²) < 4.78 is 6.35. The van der Waals surface area contributed by atoms with Crippen LogP contribution in [0.2, 0.25) is 0 Å². The van der Waals surface area contributed by atoms with E-state index >= 15 is 0 Å². The Morgan fingerprint density at radius 2 is 2.21 bits per heavy atom. The topological polar surface area (TPSA) is 59.1 Å². The van der Waals surface area contributed by atoms with Crippen LogP contribution in [-0.2, 0) is 0 Å². The number of ether oxygens (including phenoxy) is 1. The molecule has 0 amide bonds. The molecule has 0 spiro atoms. The third-order valence-electron chi connectivity index (χ3n) is 1.83. The van der Waals surface area contributed by atoms with Crippen LogP contribution in [0.3, 0.4) is 0 Å². The minimum absolute atomic E-state index is 0.0254. The normalized spacial score (nSPS) is 12.2. The standard InChI is InChI=1S/C10H13BrN2O/c1-6-3-4-9(8(11)5-6)14-7(2)10(12)13/h3-5,7H,1-2H3,(H3,12,13). The largest absolute Gasteiger partial charge is 0.482 e. The van der Waals surface area contributed by atoms with E-state index < -0.39 is 6.10 Å². The van der Waals surface area contributed by atoms with Crippen LogP contribution in [-0.4, -0.2) is 11.9 Å². The van der Waals surface area contributed by atoms with Crippen LogP contribution in [0.4, 0.5) is 0 Å². The molecule has 0 saturated carbocycles. The Morgan fingerprint density at radius 3 is 2.71 bits per heavy atom. The van der Waals surface area contributed by atoms with Gasteiger partial charge in [0.1, 0.15) is 11.6 Å². The minimum Gasteiger partial charge on any atom is -0.482 e. The van der Waals surface area contributed by atoms with Crippen molar-refractivity contribution in [1.82, 2.24) is 0 Å². The van der Waals surface area contributed by atoms with Gasteiger partial charge in [-0.25, -0.2) is 0 Å². The van der Waals surface area contributed by atoms with E-state index in [-0.39, 0.29) is 5.84 Å². The smallest absolute Gasteiger partial charge is 0.152 e. The summed E-state index contributed by atoms with van der Waals surface area (Å²) in [5.41, 5.74) is 6.46. The molecular formula is C10H13BrN2O. The highest BCUT2D eigenvalue weighted by Crippen LogP contribution is 2.26. The van der Waals surface area contributed by atoms with Gasteiger partial charge in [0, 0.05) is 0 Å². The lowest BCUT2D eigenvalue weighted by atomic mass is 10.2. The van der Waals surface area contributed by atoms with E-state index in [1.165, 1.54) is 0 Å². The number of amidine groups is 1. The fourth-order valence-electron chi connectivity index (χ4n) is 0.955. The molecule has 14 heavy (non-hydrogen) atoms. The van der Waals surface area contributed by atoms with Gasteiger partial charge < -0.3 is 10.5 Å². The molecule has 0 saturated heterocycles. The van der Waals surface area contributed by atoms with E-state index in [0.29, 0.717) is 5.75 Å². The Balaban J connectivity index is 2.82. The first-order chi connectivity index (χ1) is 6.50. The van der Waals surface area contributed by atoms with Crippen LogP contribution < -0.4 is 10.5 Å². The monoisotopic (exact) mass is 256 g/mol. The Kier molecular flexibility index (Phi) is 3.52. The van der Waals surface area contributed by atoms with Crippen molar-refractivity contribution in [2.75, 3.05) is 0 Å². The van der Waals surface area contributed by atoms with Crippen molar-refractivity contribution in [3.8, 4) is 5.75 Å². The van der Waals surface area contributed by atoms with Gasteiger partial charge in [0.15, 0.2) is 6.10 Å². The molecule has 3 N–H and O–H groups in total. The molecule has 76 valence electrons. The van der Waals surface area contributed by atoms with Crippen molar-refractivity contribution >= 4 is 21.8 Å².